The third-order valence-corrected chi connectivity index (χ3v) is 10.5. The first-order valence-electron chi connectivity index (χ1n) is 16.0. The van der Waals surface area contributed by atoms with Crippen molar-refractivity contribution in [2.24, 2.45) is 5.41 Å². The molecule has 1 aromatic carbocycles. The number of halogens is 3. The Hall–Kier alpha value is -3.81. The number of carboxylic acids is 1. The fourth-order valence-corrected chi connectivity index (χ4v) is 8.18. The molecule has 4 aromatic rings. The fraction of sp³-hybridized carbons (Fsp3) is 0.486. The summed E-state index contributed by atoms with van der Waals surface area (Å²) >= 11 is 1.33. The molecular weight excluding hydrogens is 645 g/mol. The summed E-state index contributed by atoms with van der Waals surface area (Å²) in [4.78, 5) is 37.2. The Bertz CT molecular complexity index is 1940. The zero-order valence-corrected chi connectivity index (χ0v) is 28.4. The number of aromatic carboxylic acids is 1. The van der Waals surface area contributed by atoms with Crippen LogP contribution in [0.15, 0.2) is 34.4 Å². The van der Waals surface area contributed by atoms with E-state index < -0.39 is 23.9 Å². The van der Waals surface area contributed by atoms with Gasteiger partial charge in [-0.15, -0.1) is 24.5 Å². The summed E-state index contributed by atoms with van der Waals surface area (Å²) in [5.41, 5.74) is 4.58. The van der Waals surface area contributed by atoms with Gasteiger partial charge < -0.3 is 9.84 Å². The highest BCUT2D eigenvalue weighted by Crippen LogP contribution is 2.40. The first kappa shape index (κ1) is 34.1. The van der Waals surface area contributed by atoms with Gasteiger partial charge in [0, 0.05) is 52.3 Å². The fourth-order valence-electron chi connectivity index (χ4n) is 7.17. The van der Waals surface area contributed by atoms with Gasteiger partial charge in [0.25, 0.3) is 5.56 Å². The zero-order chi connectivity index (χ0) is 34.5. The van der Waals surface area contributed by atoms with Gasteiger partial charge in [-0.3, -0.25) is 24.0 Å². The standard InChI is InChI=1S/C35H39F3N4O5S/c1-19-6-9-28(23(14-19)24-15-20(2)39-30-26(33(44)45)17-48-31(24)30)46-13-12-42-21(3)40-27-8-7-22(16-25(27)32(42)43)41-11-10-29(34(4,5)18-41)47-35(36,37)38/h6,9,14-15,17,22,29H,7-8,10-13,16,18H2,1-5H3,(H,44,45). The zero-order valence-electron chi connectivity index (χ0n) is 27.6. The molecule has 3 aromatic heterocycles. The van der Waals surface area contributed by atoms with E-state index in [4.69, 9.17) is 9.72 Å². The third-order valence-electron chi connectivity index (χ3n) is 9.53. The van der Waals surface area contributed by atoms with Gasteiger partial charge in [-0.25, -0.2) is 9.78 Å². The molecule has 4 heterocycles. The molecule has 1 fully saturated rings. The molecule has 2 atom stereocenters. The highest BCUT2D eigenvalue weighted by Gasteiger charge is 2.45. The van der Waals surface area contributed by atoms with E-state index in [2.05, 4.69) is 14.6 Å². The van der Waals surface area contributed by atoms with Crippen molar-refractivity contribution in [2.45, 2.75) is 85.4 Å². The van der Waals surface area contributed by atoms with Crippen molar-refractivity contribution in [1.82, 2.24) is 19.4 Å². The molecule has 1 aliphatic carbocycles. The van der Waals surface area contributed by atoms with Gasteiger partial charge in [-0.2, -0.15) is 0 Å². The minimum absolute atomic E-state index is 0.0279. The maximum absolute atomic E-state index is 13.9. The Morgan fingerprint density at radius 1 is 1.12 bits per heavy atom. The molecule has 2 aliphatic rings. The lowest BCUT2D eigenvalue weighted by Gasteiger charge is -2.47. The summed E-state index contributed by atoms with van der Waals surface area (Å²) < 4.78 is 52.2. The molecule has 1 N–H and O–H groups in total. The predicted molar refractivity (Wildman–Crippen MR) is 177 cm³/mol. The number of carboxylic acid groups (broad SMARTS) is 1. The lowest BCUT2D eigenvalue weighted by molar-refractivity contribution is -0.358. The number of ether oxygens (including phenoxy) is 2. The number of piperidine rings is 1. The number of carbonyl (C=O) groups is 1. The Morgan fingerprint density at radius 2 is 1.90 bits per heavy atom. The Labute approximate surface area is 280 Å². The smallest absolute Gasteiger partial charge is 0.491 e. The molecule has 48 heavy (non-hydrogen) atoms. The van der Waals surface area contributed by atoms with Gasteiger partial charge in [0.1, 0.15) is 18.2 Å². The Kier molecular flexibility index (Phi) is 9.16. The molecular formula is C35H39F3N4O5S. The van der Waals surface area contributed by atoms with E-state index in [0.29, 0.717) is 54.3 Å². The number of fused-ring (bicyclic) bond motifs is 2. The molecule has 0 amide bonds. The summed E-state index contributed by atoms with van der Waals surface area (Å²) in [6.45, 7) is 10.6. The number of aromatic nitrogens is 3. The maximum atomic E-state index is 13.9. The molecule has 1 saturated heterocycles. The first-order valence-corrected chi connectivity index (χ1v) is 16.9. The minimum Gasteiger partial charge on any atom is -0.491 e. The number of hydrogen-bond acceptors (Lipinski definition) is 8. The van der Waals surface area contributed by atoms with Crippen molar-refractivity contribution in [3.8, 4) is 16.9 Å². The highest BCUT2D eigenvalue weighted by molar-refractivity contribution is 7.18. The summed E-state index contributed by atoms with van der Waals surface area (Å²) in [7, 11) is 0. The number of likely N-dealkylation sites (tertiary alicyclic amines) is 1. The van der Waals surface area contributed by atoms with E-state index in [-0.39, 0.29) is 36.7 Å². The molecule has 9 nitrogen and oxygen atoms in total. The van der Waals surface area contributed by atoms with Gasteiger partial charge >= 0.3 is 12.3 Å². The lowest BCUT2D eigenvalue weighted by Crippen LogP contribution is -2.55. The van der Waals surface area contributed by atoms with E-state index in [1.807, 2.05) is 45.0 Å². The topological polar surface area (TPSA) is 107 Å². The Balaban J connectivity index is 1.20. The molecule has 13 heteroatoms. The van der Waals surface area contributed by atoms with Crippen LogP contribution in [0.5, 0.6) is 5.75 Å². The normalized spacial score (nSPS) is 19.8. The quantitative estimate of drug-likeness (QED) is 0.218. The van der Waals surface area contributed by atoms with Crippen molar-refractivity contribution < 1.29 is 32.5 Å². The molecule has 0 spiro atoms. The number of pyridine rings is 1. The molecule has 6 rings (SSSR count). The second-order valence-corrected chi connectivity index (χ2v) is 14.4. The second-order valence-electron chi connectivity index (χ2n) is 13.5. The average molecular weight is 685 g/mol. The van der Waals surface area contributed by atoms with Crippen molar-refractivity contribution in [2.75, 3.05) is 19.7 Å². The van der Waals surface area contributed by atoms with Crippen LogP contribution in [0, 0.1) is 26.2 Å². The number of benzene rings is 1. The molecule has 0 bridgehead atoms. The van der Waals surface area contributed by atoms with Crippen LogP contribution in [0.4, 0.5) is 13.2 Å². The second kappa shape index (κ2) is 12.9. The molecule has 0 saturated carbocycles. The number of nitrogens with zero attached hydrogens (tertiary/aromatic N) is 4. The van der Waals surface area contributed by atoms with E-state index in [1.54, 1.807) is 23.8 Å². The number of rotatable bonds is 8. The van der Waals surface area contributed by atoms with Crippen molar-refractivity contribution in [1.29, 1.82) is 0 Å². The Morgan fingerprint density at radius 3 is 2.60 bits per heavy atom. The van der Waals surface area contributed by atoms with E-state index >= 15 is 0 Å². The molecule has 256 valence electrons. The SMILES string of the molecule is Cc1ccc(OCCn2c(C)nc3c(c2=O)CC(N2CCC(OC(F)(F)F)C(C)(C)C2)CC3)c(-c2cc(C)nc3c(C(=O)O)csc23)c1. The number of alkyl halides is 3. The third kappa shape index (κ3) is 6.85. The van der Waals surface area contributed by atoms with Crippen LogP contribution < -0.4 is 10.3 Å². The average Bonchev–Trinajstić information content (AvgIpc) is 3.43. The van der Waals surface area contributed by atoms with E-state index in [0.717, 1.165) is 33.5 Å². The summed E-state index contributed by atoms with van der Waals surface area (Å²) in [5.74, 6) is 0.179. The number of hydrogen-bond donors (Lipinski definition) is 1. The van der Waals surface area contributed by atoms with Crippen LogP contribution in [0.2, 0.25) is 0 Å². The number of thiophene rings is 1. The maximum Gasteiger partial charge on any atom is 0.522 e. The van der Waals surface area contributed by atoms with Crippen LogP contribution >= 0.6 is 11.3 Å². The van der Waals surface area contributed by atoms with Gasteiger partial charge in [0.2, 0.25) is 0 Å². The largest absolute Gasteiger partial charge is 0.522 e. The van der Waals surface area contributed by atoms with Crippen LogP contribution in [0.3, 0.4) is 0 Å². The van der Waals surface area contributed by atoms with Gasteiger partial charge in [0.15, 0.2) is 0 Å². The van der Waals surface area contributed by atoms with Crippen LogP contribution in [0.1, 0.15) is 65.4 Å². The van der Waals surface area contributed by atoms with Crippen molar-refractivity contribution >= 4 is 27.5 Å². The van der Waals surface area contributed by atoms with Gasteiger partial charge in [-0.1, -0.05) is 25.5 Å². The first-order chi connectivity index (χ1) is 22.6. The predicted octanol–water partition coefficient (Wildman–Crippen LogP) is 6.72. The van der Waals surface area contributed by atoms with E-state index in [1.165, 1.54) is 11.3 Å². The summed E-state index contributed by atoms with van der Waals surface area (Å²) in [6, 6.07) is 7.78. The van der Waals surface area contributed by atoms with Crippen molar-refractivity contribution in [3.63, 3.8) is 0 Å². The van der Waals surface area contributed by atoms with Crippen LogP contribution in [-0.4, -0.2) is 68.7 Å². The minimum atomic E-state index is -4.67. The van der Waals surface area contributed by atoms with Crippen molar-refractivity contribution in [3.05, 3.63) is 73.9 Å². The molecule has 1 aliphatic heterocycles. The number of aryl methyl sites for hydroxylation is 4. The summed E-state index contributed by atoms with van der Waals surface area (Å²) in [5, 5.41) is 11.3. The highest BCUT2D eigenvalue weighted by atomic mass is 32.1. The summed E-state index contributed by atoms with van der Waals surface area (Å²) in [6.07, 6.45) is -3.42. The van der Waals surface area contributed by atoms with Gasteiger partial charge in [-0.05, 0) is 64.7 Å². The molecule has 2 unspecified atom stereocenters. The van der Waals surface area contributed by atoms with Crippen LogP contribution in [-0.2, 0) is 24.1 Å². The van der Waals surface area contributed by atoms with Crippen LogP contribution in [0.25, 0.3) is 21.3 Å². The monoisotopic (exact) mass is 684 g/mol. The van der Waals surface area contributed by atoms with E-state index in [9.17, 15) is 27.9 Å². The molecule has 0 radical (unpaired) electrons. The lowest BCUT2D eigenvalue weighted by atomic mass is 9.79. The van der Waals surface area contributed by atoms with Gasteiger partial charge in [0.05, 0.1) is 34.1 Å².